The molecule has 7 heteroatoms. The predicted molar refractivity (Wildman–Crippen MR) is 114 cm³/mol. The third kappa shape index (κ3) is 5.05. The molecule has 4 nitrogen and oxygen atoms in total. The van der Waals surface area contributed by atoms with Crippen LogP contribution in [0.25, 0.3) is 0 Å². The second-order valence-electron chi connectivity index (χ2n) is 6.14. The zero-order chi connectivity index (χ0) is 20.8. The van der Waals surface area contributed by atoms with E-state index in [1.54, 1.807) is 44.6 Å². The molecule has 0 aromatic heterocycles. The Hall–Kier alpha value is -2.63. The third-order valence-electron chi connectivity index (χ3n) is 4.34. The number of anilines is 1. The average molecular weight is 436 g/mol. The first-order valence-electron chi connectivity index (χ1n) is 8.82. The summed E-state index contributed by atoms with van der Waals surface area (Å²) in [6.45, 7) is 0.424. The highest BCUT2D eigenvalue weighted by Gasteiger charge is 2.14. The molecule has 3 aromatic rings. The lowest BCUT2D eigenvalue weighted by atomic mass is 10.1. The van der Waals surface area contributed by atoms with Crippen molar-refractivity contribution in [1.82, 2.24) is 0 Å². The van der Waals surface area contributed by atoms with Gasteiger partial charge in [0.15, 0.2) is 11.5 Å². The standard InChI is InChI=1S/C22H20Cl2FNO3/c1-27-20-10-9-15(11-18(20)24)26-12-14-5-3-8-21(28-2)22(14)29-13-16-17(23)6-4-7-19(16)25/h3-11,26H,12-13H2,1-2H3. The third-order valence-corrected chi connectivity index (χ3v) is 4.99. The number of para-hydroxylation sites is 1. The van der Waals surface area contributed by atoms with E-state index < -0.39 is 5.82 Å². The predicted octanol–water partition coefficient (Wildman–Crippen LogP) is 6.34. The molecular weight excluding hydrogens is 416 g/mol. The van der Waals surface area contributed by atoms with E-state index in [4.69, 9.17) is 37.4 Å². The zero-order valence-electron chi connectivity index (χ0n) is 16.0. The minimum atomic E-state index is -0.417. The summed E-state index contributed by atoms with van der Waals surface area (Å²) in [7, 11) is 3.12. The zero-order valence-corrected chi connectivity index (χ0v) is 17.5. The number of methoxy groups -OCH3 is 2. The highest BCUT2D eigenvalue weighted by Crippen LogP contribution is 2.34. The number of benzene rings is 3. The van der Waals surface area contributed by atoms with Crippen LogP contribution in [0.1, 0.15) is 11.1 Å². The van der Waals surface area contributed by atoms with Crippen molar-refractivity contribution in [2.24, 2.45) is 0 Å². The molecule has 0 spiro atoms. The van der Waals surface area contributed by atoms with Crippen LogP contribution in [0.15, 0.2) is 54.6 Å². The van der Waals surface area contributed by atoms with E-state index in [0.717, 1.165) is 11.3 Å². The molecule has 0 bridgehead atoms. The molecule has 0 atom stereocenters. The molecule has 29 heavy (non-hydrogen) atoms. The van der Waals surface area contributed by atoms with Crippen molar-refractivity contribution >= 4 is 28.9 Å². The summed E-state index contributed by atoms with van der Waals surface area (Å²) in [6.07, 6.45) is 0. The van der Waals surface area contributed by atoms with Gasteiger partial charge in [-0.3, -0.25) is 0 Å². The first-order valence-corrected chi connectivity index (χ1v) is 9.58. The van der Waals surface area contributed by atoms with Crippen LogP contribution >= 0.6 is 23.2 Å². The van der Waals surface area contributed by atoms with Gasteiger partial charge >= 0.3 is 0 Å². The van der Waals surface area contributed by atoms with Crippen LogP contribution in [0, 0.1) is 5.82 Å². The van der Waals surface area contributed by atoms with Gasteiger partial charge in [0.2, 0.25) is 0 Å². The molecule has 1 N–H and O–H groups in total. The van der Waals surface area contributed by atoms with Gasteiger partial charge in [-0.15, -0.1) is 0 Å². The molecule has 0 fully saturated rings. The molecule has 0 radical (unpaired) electrons. The Balaban J connectivity index is 1.80. The Morgan fingerprint density at radius 3 is 2.34 bits per heavy atom. The average Bonchev–Trinajstić information content (AvgIpc) is 2.72. The maximum absolute atomic E-state index is 14.1. The molecule has 0 aliphatic carbocycles. The van der Waals surface area contributed by atoms with Crippen LogP contribution in [0.4, 0.5) is 10.1 Å². The van der Waals surface area contributed by atoms with Gasteiger partial charge < -0.3 is 19.5 Å². The molecule has 0 aliphatic rings. The minimum absolute atomic E-state index is 0.0206. The molecule has 3 aromatic carbocycles. The highest BCUT2D eigenvalue weighted by atomic mass is 35.5. The topological polar surface area (TPSA) is 39.7 Å². The van der Waals surface area contributed by atoms with Crippen molar-refractivity contribution in [3.63, 3.8) is 0 Å². The first kappa shape index (κ1) is 21.1. The quantitative estimate of drug-likeness (QED) is 0.447. The van der Waals surface area contributed by atoms with Gasteiger partial charge in [-0.05, 0) is 36.4 Å². The lowest BCUT2D eigenvalue weighted by Gasteiger charge is -2.17. The molecule has 0 amide bonds. The summed E-state index contributed by atoms with van der Waals surface area (Å²) in [6, 6.07) is 15.5. The number of nitrogens with one attached hydrogen (secondary N) is 1. The molecule has 0 heterocycles. The first-order chi connectivity index (χ1) is 14.0. The summed E-state index contributed by atoms with van der Waals surface area (Å²) >= 11 is 12.3. The Morgan fingerprint density at radius 1 is 0.897 bits per heavy atom. The van der Waals surface area contributed by atoms with Gasteiger partial charge in [0.25, 0.3) is 0 Å². The van der Waals surface area contributed by atoms with Gasteiger partial charge in [0.05, 0.1) is 24.3 Å². The Kier molecular flexibility index (Phi) is 7.07. The monoisotopic (exact) mass is 435 g/mol. The van der Waals surface area contributed by atoms with Gasteiger partial charge in [0, 0.05) is 23.4 Å². The Labute approximate surface area is 179 Å². The minimum Gasteiger partial charge on any atom is -0.495 e. The van der Waals surface area contributed by atoms with E-state index in [-0.39, 0.29) is 6.61 Å². The smallest absolute Gasteiger partial charge is 0.166 e. The van der Waals surface area contributed by atoms with E-state index in [1.165, 1.54) is 6.07 Å². The highest BCUT2D eigenvalue weighted by molar-refractivity contribution is 6.32. The normalized spacial score (nSPS) is 10.5. The summed E-state index contributed by atoms with van der Waals surface area (Å²) in [5, 5.41) is 4.11. The lowest BCUT2D eigenvalue weighted by Crippen LogP contribution is -2.06. The van der Waals surface area contributed by atoms with Gasteiger partial charge in [-0.25, -0.2) is 4.39 Å². The van der Waals surface area contributed by atoms with Crippen LogP contribution < -0.4 is 19.5 Å². The van der Waals surface area contributed by atoms with E-state index in [1.807, 2.05) is 18.2 Å². The Morgan fingerprint density at radius 2 is 1.66 bits per heavy atom. The molecule has 0 aliphatic heterocycles. The van der Waals surface area contributed by atoms with E-state index in [2.05, 4.69) is 5.32 Å². The fraction of sp³-hybridized carbons (Fsp3) is 0.182. The fourth-order valence-corrected chi connectivity index (χ4v) is 3.29. The molecule has 0 unspecified atom stereocenters. The SMILES string of the molecule is COc1ccc(NCc2cccc(OC)c2OCc2c(F)cccc2Cl)cc1Cl. The summed E-state index contributed by atoms with van der Waals surface area (Å²) in [5.74, 6) is 1.25. The van der Waals surface area contributed by atoms with Crippen LogP contribution in [0.3, 0.4) is 0 Å². The van der Waals surface area contributed by atoms with Crippen molar-refractivity contribution in [2.45, 2.75) is 13.2 Å². The van der Waals surface area contributed by atoms with E-state index in [9.17, 15) is 4.39 Å². The van der Waals surface area contributed by atoms with Crippen LogP contribution in [0.5, 0.6) is 17.2 Å². The van der Waals surface area contributed by atoms with Crippen molar-refractivity contribution in [1.29, 1.82) is 0 Å². The maximum atomic E-state index is 14.1. The van der Waals surface area contributed by atoms with Gasteiger partial charge in [-0.1, -0.05) is 41.4 Å². The van der Waals surface area contributed by atoms with Gasteiger partial charge in [-0.2, -0.15) is 0 Å². The number of rotatable bonds is 8. The maximum Gasteiger partial charge on any atom is 0.166 e. The molecule has 152 valence electrons. The molecular formula is C22H20Cl2FNO3. The second kappa shape index (κ2) is 9.72. The largest absolute Gasteiger partial charge is 0.495 e. The molecule has 0 saturated carbocycles. The Bertz CT molecular complexity index is 978. The van der Waals surface area contributed by atoms with Crippen LogP contribution in [0.2, 0.25) is 10.0 Å². The van der Waals surface area contributed by atoms with Crippen molar-refractivity contribution in [2.75, 3.05) is 19.5 Å². The summed E-state index contributed by atoms with van der Waals surface area (Å²) in [4.78, 5) is 0. The number of hydrogen-bond acceptors (Lipinski definition) is 4. The van der Waals surface area contributed by atoms with Crippen LogP contribution in [-0.4, -0.2) is 14.2 Å². The lowest BCUT2D eigenvalue weighted by molar-refractivity contribution is 0.277. The molecule has 3 rings (SSSR count). The fourth-order valence-electron chi connectivity index (χ4n) is 2.81. The van der Waals surface area contributed by atoms with Gasteiger partial charge in [0.1, 0.15) is 18.2 Å². The number of halogens is 3. The number of ether oxygens (including phenoxy) is 3. The summed E-state index contributed by atoms with van der Waals surface area (Å²) < 4.78 is 30.6. The van der Waals surface area contributed by atoms with Crippen molar-refractivity contribution in [3.8, 4) is 17.2 Å². The van der Waals surface area contributed by atoms with E-state index in [0.29, 0.717) is 39.4 Å². The summed E-state index contributed by atoms with van der Waals surface area (Å²) in [5.41, 5.74) is 1.95. The van der Waals surface area contributed by atoms with E-state index >= 15 is 0 Å². The van der Waals surface area contributed by atoms with Crippen molar-refractivity contribution < 1.29 is 18.6 Å². The second-order valence-corrected chi connectivity index (χ2v) is 6.95. The van der Waals surface area contributed by atoms with Crippen LogP contribution in [-0.2, 0) is 13.2 Å². The molecule has 0 saturated heterocycles. The number of hydrogen-bond donors (Lipinski definition) is 1. The van der Waals surface area contributed by atoms with Crippen molar-refractivity contribution in [3.05, 3.63) is 81.6 Å².